The predicted molar refractivity (Wildman–Crippen MR) is 210 cm³/mol. The molecule has 1 heterocycles. The highest BCUT2D eigenvalue weighted by Gasteiger charge is 2.40. The lowest BCUT2D eigenvalue weighted by molar-refractivity contribution is -0.158. The number of benzene rings is 5. The van der Waals surface area contributed by atoms with E-state index in [1.807, 2.05) is 122 Å². The summed E-state index contributed by atoms with van der Waals surface area (Å²) < 4.78 is 31.2. The maximum absolute atomic E-state index is 12.4. The Morgan fingerprint density at radius 2 is 1.02 bits per heavy atom. The Balaban J connectivity index is 1.39. The van der Waals surface area contributed by atoms with Gasteiger partial charge in [-0.15, -0.1) is 0 Å². The summed E-state index contributed by atoms with van der Waals surface area (Å²) in [5.41, 5.74) is 4.17. The molecule has 1 aromatic heterocycles. The number of aliphatic hydroxyl groups is 1. The molecular formula is C45H47N3O6. The quantitative estimate of drug-likeness (QED) is 0.0892. The highest BCUT2D eigenvalue weighted by molar-refractivity contribution is 5.47. The van der Waals surface area contributed by atoms with Crippen molar-refractivity contribution in [3.8, 4) is 11.5 Å². The number of rotatable bonds is 18. The zero-order valence-corrected chi connectivity index (χ0v) is 31.1. The van der Waals surface area contributed by atoms with E-state index < -0.39 is 23.9 Å². The second-order valence-corrected chi connectivity index (χ2v) is 13.1. The minimum atomic E-state index is -1.17. The Morgan fingerprint density at radius 3 is 1.43 bits per heavy atom. The molecule has 0 spiro atoms. The Bertz CT molecular complexity index is 1880. The lowest BCUT2D eigenvalue weighted by Crippen LogP contribution is -2.43. The zero-order valence-electron chi connectivity index (χ0n) is 31.1. The van der Waals surface area contributed by atoms with E-state index in [1.54, 1.807) is 26.6 Å². The van der Waals surface area contributed by atoms with Gasteiger partial charge in [0.2, 0.25) is 5.95 Å². The number of aliphatic hydroxyl groups excluding tert-OH is 1. The molecule has 0 aliphatic heterocycles. The summed E-state index contributed by atoms with van der Waals surface area (Å²) in [5, 5.41) is 12.4. The SMILES string of the molecule is COc1ccc(CO[C@H]([C@H](O)COC(c2ccccc2)(c2ccccc2)c2ccccc2)[C@H](OCc2ccc(OC)cc2)c2cnc(N(C)C)nc2)cc1. The second kappa shape index (κ2) is 18.4. The second-order valence-electron chi connectivity index (χ2n) is 13.1. The predicted octanol–water partition coefficient (Wildman–Crippen LogP) is 7.77. The molecule has 9 heteroatoms. The van der Waals surface area contributed by atoms with Gasteiger partial charge in [-0.05, 0) is 52.1 Å². The van der Waals surface area contributed by atoms with Crippen molar-refractivity contribution >= 4 is 5.95 Å². The van der Waals surface area contributed by atoms with Crippen molar-refractivity contribution in [2.75, 3.05) is 39.8 Å². The first-order valence-electron chi connectivity index (χ1n) is 17.9. The number of methoxy groups -OCH3 is 2. The molecule has 0 fully saturated rings. The summed E-state index contributed by atoms with van der Waals surface area (Å²) in [6.07, 6.45) is 0.563. The fraction of sp³-hybridized carbons (Fsp3) is 0.244. The van der Waals surface area contributed by atoms with Crippen LogP contribution in [0.3, 0.4) is 0 Å². The third-order valence-corrected chi connectivity index (χ3v) is 9.27. The van der Waals surface area contributed by atoms with Gasteiger partial charge in [0.05, 0.1) is 34.0 Å². The lowest BCUT2D eigenvalue weighted by atomic mass is 9.80. The van der Waals surface area contributed by atoms with Gasteiger partial charge in [-0.1, -0.05) is 115 Å². The molecule has 0 aliphatic carbocycles. The average Bonchev–Trinajstić information content (AvgIpc) is 3.23. The van der Waals surface area contributed by atoms with Crippen LogP contribution in [-0.4, -0.2) is 62.2 Å². The van der Waals surface area contributed by atoms with Crippen LogP contribution in [0.1, 0.15) is 39.5 Å². The van der Waals surface area contributed by atoms with Crippen molar-refractivity contribution in [2.45, 2.75) is 37.1 Å². The third kappa shape index (κ3) is 9.13. The molecule has 0 bridgehead atoms. The molecule has 1 N–H and O–H groups in total. The van der Waals surface area contributed by atoms with Crippen molar-refractivity contribution in [3.05, 3.63) is 185 Å². The van der Waals surface area contributed by atoms with Crippen LogP contribution in [0.25, 0.3) is 0 Å². The van der Waals surface area contributed by atoms with Gasteiger partial charge in [-0.25, -0.2) is 9.97 Å². The summed E-state index contributed by atoms with van der Waals surface area (Å²) in [7, 11) is 7.03. The molecule has 6 aromatic rings. The van der Waals surface area contributed by atoms with E-state index >= 15 is 0 Å². The number of hydrogen-bond acceptors (Lipinski definition) is 9. The minimum Gasteiger partial charge on any atom is -0.497 e. The van der Waals surface area contributed by atoms with Crippen molar-refractivity contribution in [2.24, 2.45) is 0 Å². The number of anilines is 1. The summed E-state index contributed by atoms with van der Waals surface area (Å²) >= 11 is 0. The van der Waals surface area contributed by atoms with E-state index in [-0.39, 0.29) is 19.8 Å². The van der Waals surface area contributed by atoms with Crippen LogP contribution in [0.4, 0.5) is 5.95 Å². The number of aromatic nitrogens is 2. The van der Waals surface area contributed by atoms with Crippen molar-refractivity contribution < 1.29 is 28.8 Å². The van der Waals surface area contributed by atoms with Crippen LogP contribution >= 0.6 is 0 Å². The van der Waals surface area contributed by atoms with Crippen molar-refractivity contribution in [1.29, 1.82) is 0 Å². The van der Waals surface area contributed by atoms with Crippen molar-refractivity contribution in [1.82, 2.24) is 9.97 Å². The summed E-state index contributed by atoms with van der Waals surface area (Å²) in [4.78, 5) is 11.0. The van der Waals surface area contributed by atoms with Crippen LogP contribution in [-0.2, 0) is 33.0 Å². The van der Waals surface area contributed by atoms with Crippen LogP contribution in [0.15, 0.2) is 152 Å². The molecule has 54 heavy (non-hydrogen) atoms. The topological polar surface area (TPSA) is 95.4 Å². The molecular weight excluding hydrogens is 679 g/mol. The van der Waals surface area contributed by atoms with E-state index in [9.17, 15) is 5.11 Å². The number of hydrogen-bond donors (Lipinski definition) is 1. The number of ether oxygens (including phenoxy) is 5. The Labute approximate surface area is 317 Å². The van der Waals surface area contributed by atoms with E-state index in [0.717, 1.165) is 39.3 Å². The van der Waals surface area contributed by atoms with E-state index in [1.165, 1.54) is 0 Å². The maximum Gasteiger partial charge on any atom is 0.224 e. The van der Waals surface area contributed by atoms with Gasteiger partial charge in [-0.2, -0.15) is 0 Å². The van der Waals surface area contributed by atoms with Gasteiger partial charge in [0.25, 0.3) is 0 Å². The van der Waals surface area contributed by atoms with Gasteiger partial charge >= 0.3 is 0 Å². The van der Waals surface area contributed by atoms with Crippen molar-refractivity contribution in [3.63, 3.8) is 0 Å². The zero-order chi connectivity index (χ0) is 37.8. The first-order valence-corrected chi connectivity index (χ1v) is 17.9. The fourth-order valence-corrected chi connectivity index (χ4v) is 6.39. The molecule has 0 radical (unpaired) electrons. The highest BCUT2D eigenvalue weighted by Crippen LogP contribution is 2.41. The molecule has 0 saturated heterocycles. The minimum absolute atomic E-state index is 0.106. The summed E-state index contributed by atoms with van der Waals surface area (Å²) in [6.45, 7) is 0.305. The molecule has 0 amide bonds. The summed E-state index contributed by atoms with van der Waals surface area (Å²) in [6, 6.07) is 45.5. The molecule has 5 aromatic carbocycles. The van der Waals surface area contributed by atoms with E-state index in [2.05, 4.69) is 46.4 Å². The first kappa shape index (κ1) is 38.2. The average molecular weight is 726 g/mol. The Kier molecular flexibility index (Phi) is 13.0. The third-order valence-electron chi connectivity index (χ3n) is 9.27. The molecule has 9 nitrogen and oxygen atoms in total. The largest absolute Gasteiger partial charge is 0.497 e. The van der Waals surface area contributed by atoms with Crippen LogP contribution < -0.4 is 14.4 Å². The van der Waals surface area contributed by atoms with Gasteiger partial charge < -0.3 is 33.7 Å². The highest BCUT2D eigenvalue weighted by atomic mass is 16.6. The van der Waals surface area contributed by atoms with E-state index in [0.29, 0.717) is 11.5 Å². The fourth-order valence-electron chi connectivity index (χ4n) is 6.39. The van der Waals surface area contributed by atoms with Gasteiger partial charge in [0.1, 0.15) is 35.4 Å². The smallest absolute Gasteiger partial charge is 0.224 e. The molecule has 6 rings (SSSR count). The van der Waals surface area contributed by atoms with E-state index in [4.69, 9.17) is 23.7 Å². The Hall–Kier alpha value is -5.58. The van der Waals surface area contributed by atoms with Gasteiger partial charge in [0.15, 0.2) is 0 Å². The molecule has 0 saturated carbocycles. The molecule has 278 valence electrons. The van der Waals surface area contributed by atoms with Crippen LogP contribution in [0, 0.1) is 0 Å². The lowest BCUT2D eigenvalue weighted by Gasteiger charge is -2.38. The van der Waals surface area contributed by atoms with Crippen LogP contribution in [0.5, 0.6) is 11.5 Å². The summed E-state index contributed by atoms with van der Waals surface area (Å²) in [5.74, 6) is 2.03. The first-order chi connectivity index (χ1) is 26.4. The van der Waals surface area contributed by atoms with Gasteiger partial charge in [0, 0.05) is 32.1 Å². The molecule has 0 unspecified atom stereocenters. The number of nitrogens with zero attached hydrogens (tertiary/aromatic N) is 3. The van der Waals surface area contributed by atoms with Gasteiger partial charge in [-0.3, -0.25) is 0 Å². The molecule has 3 atom stereocenters. The standard InChI is InChI=1S/C45H47N3O6/c1-48(2)44-46-28-35(29-47-44)42(52-30-33-20-24-39(50-3)25-21-33)43(53-31-34-22-26-40(51-4)27-23-34)41(49)32-54-45(36-14-8-5-9-15-36,37-16-10-6-11-17-37)38-18-12-7-13-19-38/h5-29,41-43,49H,30-32H2,1-4H3/t41-,42-,43-/m1/s1. The normalized spacial score (nSPS) is 13.1. The Morgan fingerprint density at radius 1 is 0.593 bits per heavy atom. The maximum atomic E-state index is 12.4. The van der Waals surface area contributed by atoms with Crippen LogP contribution in [0.2, 0.25) is 0 Å². The monoisotopic (exact) mass is 725 g/mol. The molecule has 0 aliphatic rings.